The molecule has 1 rings (SSSR count). The molecule has 0 atom stereocenters. The molecule has 0 saturated heterocycles. The van der Waals surface area contributed by atoms with E-state index in [9.17, 15) is 8.42 Å². The van der Waals surface area contributed by atoms with Gasteiger partial charge in [-0.1, -0.05) is 13.3 Å². The van der Waals surface area contributed by atoms with Crippen LogP contribution in [0.5, 0.6) is 0 Å². The lowest BCUT2D eigenvalue weighted by Crippen LogP contribution is -2.19. The quantitative estimate of drug-likeness (QED) is 0.795. The molecule has 0 fully saturated rings. The van der Waals surface area contributed by atoms with Gasteiger partial charge in [-0.25, -0.2) is 13.6 Å². The molecule has 0 bridgehead atoms. The molecule has 0 amide bonds. The molecule has 0 aliphatic rings. The van der Waals surface area contributed by atoms with E-state index < -0.39 is 10.0 Å². The zero-order valence-corrected chi connectivity index (χ0v) is 9.16. The average molecular weight is 228 g/mol. The minimum Gasteiger partial charge on any atom is -0.252 e. The molecule has 0 saturated carbocycles. The van der Waals surface area contributed by atoms with E-state index in [0.29, 0.717) is 6.54 Å². The number of primary sulfonamides is 1. The second-order valence-electron chi connectivity index (χ2n) is 3.10. The summed E-state index contributed by atoms with van der Waals surface area (Å²) < 4.78 is 23.7. The third kappa shape index (κ3) is 2.55. The van der Waals surface area contributed by atoms with E-state index >= 15 is 0 Å². The van der Waals surface area contributed by atoms with E-state index in [4.69, 9.17) is 10.4 Å². The number of aryl methyl sites for hydroxylation is 1. The summed E-state index contributed by atoms with van der Waals surface area (Å²) in [5.74, 6) is 0. The number of hydrogen-bond acceptors (Lipinski definition) is 4. The van der Waals surface area contributed by atoms with Gasteiger partial charge in [0.25, 0.3) is 10.0 Å². The van der Waals surface area contributed by atoms with Crippen LogP contribution in [0.15, 0.2) is 11.2 Å². The fraction of sp³-hybridized carbons (Fsp3) is 0.500. The van der Waals surface area contributed by atoms with Gasteiger partial charge < -0.3 is 0 Å². The van der Waals surface area contributed by atoms with Crippen LogP contribution in [0.25, 0.3) is 0 Å². The van der Waals surface area contributed by atoms with Crippen LogP contribution in [0.4, 0.5) is 0 Å². The molecule has 2 N–H and O–H groups in total. The lowest BCUT2D eigenvalue weighted by Gasteiger charge is -2.04. The lowest BCUT2D eigenvalue weighted by molar-refractivity contribution is 0.514. The summed E-state index contributed by atoms with van der Waals surface area (Å²) in [6.07, 6.45) is 2.91. The lowest BCUT2D eigenvalue weighted by atomic mass is 10.3. The fourth-order valence-electron chi connectivity index (χ4n) is 1.22. The zero-order chi connectivity index (χ0) is 11.5. The third-order valence-corrected chi connectivity index (χ3v) is 2.87. The maximum Gasteiger partial charge on any atom is 0.256 e. The Bertz CT molecular complexity index is 483. The maximum atomic E-state index is 11.2. The van der Waals surface area contributed by atoms with Crippen molar-refractivity contribution in [1.29, 1.82) is 5.26 Å². The third-order valence-electron chi connectivity index (χ3n) is 1.90. The van der Waals surface area contributed by atoms with Gasteiger partial charge in [0.1, 0.15) is 11.6 Å². The predicted molar refractivity (Wildman–Crippen MR) is 53.2 cm³/mol. The topological polar surface area (TPSA) is 102 Å². The molecule has 0 aliphatic heterocycles. The second kappa shape index (κ2) is 4.42. The Morgan fingerprint density at radius 3 is 2.80 bits per heavy atom. The average Bonchev–Trinajstić information content (AvgIpc) is 2.56. The number of nitriles is 1. The standard InChI is InChI=1S/C8H12N4O2S/c1-2-3-4-12-8(15(10,13)14)7(5-9)6-11-12/h6H,2-4H2,1H3,(H2,10,13,14). The molecule has 1 aromatic heterocycles. The fourth-order valence-corrected chi connectivity index (χ4v) is 2.06. The van der Waals surface area contributed by atoms with Crippen LogP contribution in [-0.2, 0) is 16.6 Å². The predicted octanol–water partition coefficient (Wildman–Crippen LogP) is 0.202. The van der Waals surface area contributed by atoms with Gasteiger partial charge >= 0.3 is 0 Å². The molecule has 0 aromatic carbocycles. The Hall–Kier alpha value is -1.39. The number of rotatable bonds is 4. The first-order valence-electron chi connectivity index (χ1n) is 4.49. The number of sulfonamides is 1. The van der Waals surface area contributed by atoms with Crippen molar-refractivity contribution >= 4 is 10.0 Å². The highest BCUT2D eigenvalue weighted by atomic mass is 32.2. The summed E-state index contributed by atoms with van der Waals surface area (Å²) in [6.45, 7) is 2.43. The van der Waals surface area contributed by atoms with Crippen LogP contribution < -0.4 is 5.14 Å². The van der Waals surface area contributed by atoms with Crippen molar-refractivity contribution in [2.45, 2.75) is 31.3 Å². The van der Waals surface area contributed by atoms with Crippen LogP contribution in [0.3, 0.4) is 0 Å². The highest BCUT2D eigenvalue weighted by molar-refractivity contribution is 7.89. The van der Waals surface area contributed by atoms with Crippen molar-refractivity contribution in [3.8, 4) is 6.07 Å². The molecular formula is C8H12N4O2S. The molecule has 1 heterocycles. The first-order valence-corrected chi connectivity index (χ1v) is 6.04. The largest absolute Gasteiger partial charge is 0.256 e. The van der Waals surface area contributed by atoms with Crippen LogP contribution in [0.2, 0.25) is 0 Å². The van der Waals surface area contributed by atoms with E-state index in [1.54, 1.807) is 6.07 Å². The first-order chi connectivity index (χ1) is 7.00. The highest BCUT2D eigenvalue weighted by Gasteiger charge is 2.20. The number of hydrogen-bond donors (Lipinski definition) is 1. The summed E-state index contributed by atoms with van der Waals surface area (Å²) in [6, 6.07) is 1.76. The normalized spacial score (nSPS) is 11.3. The Kier molecular flexibility index (Phi) is 3.44. The highest BCUT2D eigenvalue weighted by Crippen LogP contribution is 2.13. The van der Waals surface area contributed by atoms with E-state index in [1.807, 2.05) is 6.92 Å². The van der Waals surface area contributed by atoms with Gasteiger partial charge in [0.15, 0.2) is 5.03 Å². The van der Waals surface area contributed by atoms with Gasteiger partial charge in [-0.2, -0.15) is 10.4 Å². The van der Waals surface area contributed by atoms with Crippen molar-refractivity contribution in [1.82, 2.24) is 9.78 Å². The minimum absolute atomic E-state index is 0.00592. The molecule has 0 radical (unpaired) electrons. The van der Waals surface area contributed by atoms with Crippen molar-refractivity contribution in [2.24, 2.45) is 5.14 Å². The molecule has 7 heteroatoms. The number of nitrogens with two attached hydrogens (primary N) is 1. The second-order valence-corrected chi connectivity index (χ2v) is 4.57. The van der Waals surface area contributed by atoms with Crippen LogP contribution in [0, 0.1) is 11.3 Å². The molecule has 15 heavy (non-hydrogen) atoms. The van der Waals surface area contributed by atoms with Crippen molar-refractivity contribution in [2.75, 3.05) is 0 Å². The Labute approximate surface area is 88.4 Å². The molecule has 1 aromatic rings. The van der Waals surface area contributed by atoms with Crippen molar-refractivity contribution < 1.29 is 8.42 Å². The monoisotopic (exact) mass is 228 g/mol. The van der Waals surface area contributed by atoms with Gasteiger partial charge in [0.05, 0.1) is 6.20 Å². The van der Waals surface area contributed by atoms with Crippen LogP contribution in [-0.4, -0.2) is 18.2 Å². The molecule has 6 nitrogen and oxygen atoms in total. The summed E-state index contributed by atoms with van der Waals surface area (Å²) in [7, 11) is -3.89. The SMILES string of the molecule is CCCCn1ncc(C#N)c1S(N)(=O)=O. The van der Waals surface area contributed by atoms with Gasteiger partial charge in [-0.3, -0.25) is 4.68 Å². The van der Waals surface area contributed by atoms with Crippen molar-refractivity contribution in [3.63, 3.8) is 0 Å². The Balaban J connectivity index is 3.20. The Morgan fingerprint density at radius 2 is 2.33 bits per heavy atom. The van der Waals surface area contributed by atoms with Crippen molar-refractivity contribution in [3.05, 3.63) is 11.8 Å². The van der Waals surface area contributed by atoms with Gasteiger partial charge in [-0.15, -0.1) is 0 Å². The number of unbranched alkanes of at least 4 members (excludes halogenated alkanes) is 1. The number of aromatic nitrogens is 2. The van der Waals surface area contributed by atoms with Crippen LogP contribution >= 0.6 is 0 Å². The van der Waals surface area contributed by atoms with Gasteiger partial charge in [0.2, 0.25) is 0 Å². The first kappa shape index (κ1) is 11.7. The summed E-state index contributed by atoms with van der Waals surface area (Å²) in [5, 5.41) is 17.3. The van der Waals surface area contributed by atoms with Gasteiger partial charge in [0, 0.05) is 6.54 Å². The van der Waals surface area contributed by atoms with E-state index in [0.717, 1.165) is 12.8 Å². The van der Waals surface area contributed by atoms with Gasteiger partial charge in [-0.05, 0) is 6.42 Å². The minimum atomic E-state index is -3.89. The van der Waals surface area contributed by atoms with Crippen LogP contribution in [0.1, 0.15) is 25.3 Å². The van der Waals surface area contributed by atoms with E-state index in [2.05, 4.69) is 5.10 Å². The molecule has 0 aliphatic carbocycles. The zero-order valence-electron chi connectivity index (χ0n) is 8.34. The smallest absolute Gasteiger partial charge is 0.252 e. The molecule has 0 unspecified atom stereocenters. The van der Waals surface area contributed by atoms with E-state index in [1.165, 1.54) is 10.9 Å². The number of nitrogens with zero attached hydrogens (tertiary/aromatic N) is 3. The molecule has 82 valence electrons. The Morgan fingerprint density at radius 1 is 1.67 bits per heavy atom. The van der Waals surface area contributed by atoms with E-state index in [-0.39, 0.29) is 10.6 Å². The maximum absolute atomic E-state index is 11.2. The summed E-state index contributed by atoms with van der Waals surface area (Å²) >= 11 is 0. The molecular weight excluding hydrogens is 216 g/mol. The summed E-state index contributed by atoms with van der Waals surface area (Å²) in [4.78, 5) is 0. The summed E-state index contributed by atoms with van der Waals surface area (Å²) in [5.41, 5.74) is -0.00592. The molecule has 0 spiro atoms.